The van der Waals surface area contributed by atoms with Crippen molar-refractivity contribution in [3.63, 3.8) is 0 Å². The van der Waals surface area contributed by atoms with Crippen LogP contribution < -0.4 is 10.5 Å². The van der Waals surface area contributed by atoms with Crippen molar-refractivity contribution in [1.29, 1.82) is 5.41 Å². The van der Waals surface area contributed by atoms with E-state index in [0.29, 0.717) is 5.56 Å². The first-order valence-corrected chi connectivity index (χ1v) is 4.12. The lowest BCUT2D eigenvalue weighted by Gasteiger charge is -2.04. The minimum absolute atomic E-state index is 0.0459. The normalized spacial score (nSPS) is 9.50. The molecule has 0 atom stereocenters. The quantitative estimate of drug-likeness (QED) is 0.599. The molecule has 0 radical (unpaired) electrons. The number of nitrogens with one attached hydrogen (secondary N) is 1. The molecule has 0 amide bonds. The van der Waals surface area contributed by atoms with Gasteiger partial charge in [0.2, 0.25) is 0 Å². The summed E-state index contributed by atoms with van der Waals surface area (Å²) in [6.45, 7) is 0. The van der Waals surface area contributed by atoms with Gasteiger partial charge in [0, 0.05) is 10.0 Å². The fraction of sp³-hybridized carbons (Fsp3) is 0.125. The number of ether oxygens (including phenoxy) is 1. The van der Waals surface area contributed by atoms with Crippen molar-refractivity contribution in [1.82, 2.24) is 0 Å². The van der Waals surface area contributed by atoms with Gasteiger partial charge in [-0.05, 0) is 34.1 Å². The van der Waals surface area contributed by atoms with Crippen LogP contribution in [0.5, 0.6) is 5.75 Å². The van der Waals surface area contributed by atoms with Crippen LogP contribution in [0.3, 0.4) is 0 Å². The number of rotatable bonds is 2. The molecule has 3 nitrogen and oxygen atoms in total. The van der Waals surface area contributed by atoms with Crippen molar-refractivity contribution in [2.45, 2.75) is 0 Å². The van der Waals surface area contributed by atoms with Crippen LogP contribution in [0.15, 0.2) is 22.7 Å². The zero-order valence-corrected chi connectivity index (χ0v) is 8.18. The molecule has 0 aliphatic rings. The number of hydrogen-bond acceptors (Lipinski definition) is 2. The lowest BCUT2D eigenvalue weighted by atomic mass is 10.2. The number of amidine groups is 1. The molecule has 3 N–H and O–H groups in total. The fourth-order valence-corrected chi connectivity index (χ4v) is 1.41. The van der Waals surface area contributed by atoms with E-state index in [0.717, 1.165) is 10.2 Å². The van der Waals surface area contributed by atoms with E-state index in [1.807, 2.05) is 0 Å². The molecule has 0 heterocycles. The number of hydrogen-bond donors (Lipinski definition) is 2. The number of halogens is 1. The van der Waals surface area contributed by atoms with Gasteiger partial charge in [0.1, 0.15) is 11.6 Å². The highest BCUT2D eigenvalue weighted by molar-refractivity contribution is 9.10. The summed E-state index contributed by atoms with van der Waals surface area (Å²) >= 11 is 3.29. The van der Waals surface area contributed by atoms with E-state index in [1.54, 1.807) is 25.3 Å². The van der Waals surface area contributed by atoms with Crippen molar-refractivity contribution in [3.8, 4) is 5.75 Å². The number of methoxy groups -OCH3 is 1. The Labute approximate surface area is 79.2 Å². The Morgan fingerprint density at radius 3 is 2.67 bits per heavy atom. The second kappa shape index (κ2) is 3.58. The highest BCUT2D eigenvalue weighted by Crippen LogP contribution is 2.22. The Balaban J connectivity index is 3.12. The van der Waals surface area contributed by atoms with Gasteiger partial charge in [0.25, 0.3) is 0 Å². The molecular formula is C8H9BrN2O. The smallest absolute Gasteiger partial charge is 0.123 e. The molecule has 0 bridgehead atoms. The third kappa shape index (κ3) is 1.76. The van der Waals surface area contributed by atoms with Gasteiger partial charge >= 0.3 is 0 Å². The topological polar surface area (TPSA) is 59.1 Å². The molecule has 1 aromatic carbocycles. The van der Waals surface area contributed by atoms with Crippen LogP contribution in [-0.2, 0) is 0 Å². The highest BCUT2D eigenvalue weighted by Gasteiger charge is 2.03. The highest BCUT2D eigenvalue weighted by atomic mass is 79.9. The zero-order valence-electron chi connectivity index (χ0n) is 6.60. The van der Waals surface area contributed by atoms with Crippen molar-refractivity contribution in [2.75, 3.05) is 7.11 Å². The molecule has 0 saturated heterocycles. The summed E-state index contributed by atoms with van der Waals surface area (Å²) < 4.78 is 5.76. The van der Waals surface area contributed by atoms with Gasteiger partial charge in [-0.25, -0.2) is 0 Å². The van der Waals surface area contributed by atoms with Gasteiger partial charge in [-0.15, -0.1) is 0 Å². The van der Waals surface area contributed by atoms with E-state index < -0.39 is 0 Å². The third-order valence-electron chi connectivity index (χ3n) is 1.47. The van der Waals surface area contributed by atoms with Gasteiger partial charge in [0.05, 0.1) is 7.11 Å². The average molecular weight is 229 g/mol. The van der Waals surface area contributed by atoms with Crippen LogP contribution in [0.4, 0.5) is 0 Å². The summed E-state index contributed by atoms with van der Waals surface area (Å²) in [5.74, 6) is 0.788. The van der Waals surface area contributed by atoms with Gasteiger partial charge in [-0.3, -0.25) is 5.41 Å². The molecule has 0 aliphatic heterocycles. The van der Waals surface area contributed by atoms with E-state index in [-0.39, 0.29) is 5.84 Å². The van der Waals surface area contributed by atoms with Gasteiger partial charge in [-0.1, -0.05) is 0 Å². The van der Waals surface area contributed by atoms with Crippen molar-refractivity contribution < 1.29 is 4.74 Å². The summed E-state index contributed by atoms with van der Waals surface area (Å²) in [5, 5.41) is 7.21. The van der Waals surface area contributed by atoms with E-state index in [4.69, 9.17) is 15.9 Å². The largest absolute Gasteiger partial charge is 0.497 e. The van der Waals surface area contributed by atoms with Crippen molar-refractivity contribution >= 4 is 21.8 Å². The number of nitrogen functional groups attached to an aromatic ring is 1. The Morgan fingerprint density at radius 1 is 1.58 bits per heavy atom. The lowest BCUT2D eigenvalue weighted by Crippen LogP contribution is -2.11. The molecule has 0 saturated carbocycles. The predicted molar refractivity (Wildman–Crippen MR) is 51.7 cm³/mol. The predicted octanol–water partition coefficient (Wildman–Crippen LogP) is 1.74. The number of nitrogens with two attached hydrogens (primary N) is 1. The zero-order chi connectivity index (χ0) is 9.14. The Kier molecular flexibility index (Phi) is 2.70. The monoisotopic (exact) mass is 228 g/mol. The summed E-state index contributed by atoms with van der Waals surface area (Å²) in [6, 6.07) is 5.28. The second-order valence-corrected chi connectivity index (χ2v) is 3.11. The summed E-state index contributed by atoms with van der Waals surface area (Å²) in [5.41, 5.74) is 6.00. The average Bonchev–Trinajstić information content (AvgIpc) is 2.03. The summed E-state index contributed by atoms with van der Waals surface area (Å²) in [4.78, 5) is 0. The minimum atomic E-state index is 0.0459. The lowest BCUT2D eigenvalue weighted by molar-refractivity contribution is 0.414. The van der Waals surface area contributed by atoms with Crippen LogP contribution in [0, 0.1) is 5.41 Å². The molecule has 0 spiro atoms. The van der Waals surface area contributed by atoms with Crippen molar-refractivity contribution in [2.24, 2.45) is 5.73 Å². The van der Waals surface area contributed by atoms with E-state index >= 15 is 0 Å². The van der Waals surface area contributed by atoms with Crippen LogP contribution in [0.2, 0.25) is 0 Å². The second-order valence-electron chi connectivity index (χ2n) is 2.26. The third-order valence-corrected chi connectivity index (χ3v) is 2.12. The number of benzene rings is 1. The maximum atomic E-state index is 7.21. The molecule has 0 fully saturated rings. The Morgan fingerprint density at radius 2 is 2.25 bits per heavy atom. The SMILES string of the molecule is COc1ccc(C(=N)N)c(Br)c1. The molecular weight excluding hydrogens is 220 g/mol. The van der Waals surface area contributed by atoms with E-state index in [1.165, 1.54) is 0 Å². The molecule has 0 unspecified atom stereocenters. The van der Waals surface area contributed by atoms with Crippen molar-refractivity contribution in [3.05, 3.63) is 28.2 Å². The maximum Gasteiger partial charge on any atom is 0.123 e. The first kappa shape index (κ1) is 9.06. The van der Waals surface area contributed by atoms with Gasteiger partial charge in [0.15, 0.2) is 0 Å². The Bertz CT molecular complexity index is 312. The standard InChI is InChI=1S/C8H9BrN2O/c1-12-5-2-3-6(8(10)11)7(9)4-5/h2-4H,1H3,(H3,10,11). The molecule has 0 aromatic heterocycles. The molecule has 4 heteroatoms. The fourth-order valence-electron chi connectivity index (χ4n) is 0.841. The van der Waals surface area contributed by atoms with Crippen LogP contribution in [0.1, 0.15) is 5.56 Å². The molecule has 64 valence electrons. The van der Waals surface area contributed by atoms with Gasteiger partial charge < -0.3 is 10.5 Å². The van der Waals surface area contributed by atoms with E-state index in [2.05, 4.69) is 15.9 Å². The summed E-state index contributed by atoms with van der Waals surface area (Å²) in [6.07, 6.45) is 0. The van der Waals surface area contributed by atoms with Gasteiger partial charge in [-0.2, -0.15) is 0 Å². The summed E-state index contributed by atoms with van der Waals surface area (Å²) in [7, 11) is 1.59. The molecule has 1 rings (SSSR count). The Hall–Kier alpha value is -1.03. The van der Waals surface area contributed by atoms with Crippen LogP contribution >= 0.6 is 15.9 Å². The molecule has 1 aromatic rings. The van der Waals surface area contributed by atoms with Crippen LogP contribution in [0.25, 0.3) is 0 Å². The molecule has 12 heavy (non-hydrogen) atoms. The first-order chi connectivity index (χ1) is 5.65. The first-order valence-electron chi connectivity index (χ1n) is 3.33. The minimum Gasteiger partial charge on any atom is -0.497 e. The van der Waals surface area contributed by atoms with Crippen LogP contribution in [-0.4, -0.2) is 12.9 Å². The molecule has 0 aliphatic carbocycles. The van der Waals surface area contributed by atoms with E-state index in [9.17, 15) is 0 Å². The maximum absolute atomic E-state index is 7.21.